The first-order valence-electron chi connectivity index (χ1n) is 9.40. The fourth-order valence-electron chi connectivity index (χ4n) is 3.22. The molecule has 2 aromatic heterocycles. The van der Waals surface area contributed by atoms with E-state index in [1.807, 2.05) is 24.3 Å². The second-order valence-electron chi connectivity index (χ2n) is 6.89. The second-order valence-corrected chi connectivity index (χ2v) is 7.32. The zero-order chi connectivity index (χ0) is 20.2. The summed E-state index contributed by atoms with van der Waals surface area (Å²) in [5, 5.41) is 14.1. The van der Waals surface area contributed by atoms with Crippen LogP contribution in [0.15, 0.2) is 42.6 Å². The van der Waals surface area contributed by atoms with E-state index >= 15 is 0 Å². The topological polar surface area (TPSA) is 87.6 Å². The van der Waals surface area contributed by atoms with E-state index in [9.17, 15) is 9.90 Å². The molecule has 0 aliphatic carbocycles. The van der Waals surface area contributed by atoms with Crippen molar-refractivity contribution >= 4 is 28.5 Å². The highest BCUT2D eigenvalue weighted by atomic mass is 35.5. The van der Waals surface area contributed by atoms with E-state index in [2.05, 4.69) is 20.2 Å². The van der Waals surface area contributed by atoms with E-state index in [-0.39, 0.29) is 11.3 Å². The molecule has 1 amide bonds. The third-order valence-corrected chi connectivity index (χ3v) is 5.10. The Hall–Kier alpha value is -2.74. The van der Waals surface area contributed by atoms with E-state index < -0.39 is 5.91 Å². The SMILES string of the molecule is O=C(NCc1ccc(Cl)cc1)c1cnc2ccc(CN3CCOCC3)nc2c1O. The molecular formula is C21H21ClN4O3. The summed E-state index contributed by atoms with van der Waals surface area (Å²) < 4.78 is 5.37. The van der Waals surface area contributed by atoms with Crippen LogP contribution in [0.5, 0.6) is 5.75 Å². The summed E-state index contributed by atoms with van der Waals surface area (Å²) in [7, 11) is 0. The Balaban J connectivity index is 1.52. The van der Waals surface area contributed by atoms with Gasteiger partial charge in [0, 0.05) is 37.4 Å². The number of carbonyl (C=O) groups excluding carboxylic acids is 1. The first-order chi connectivity index (χ1) is 14.1. The average Bonchev–Trinajstić information content (AvgIpc) is 2.74. The maximum absolute atomic E-state index is 12.6. The van der Waals surface area contributed by atoms with Crippen LogP contribution in [0.25, 0.3) is 11.0 Å². The zero-order valence-electron chi connectivity index (χ0n) is 15.8. The molecule has 1 aromatic carbocycles. The van der Waals surface area contributed by atoms with Gasteiger partial charge in [0.05, 0.1) is 24.4 Å². The predicted octanol–water partition coefficient (Wildman–Crippen LogP) is 2.75. The third kappa shape index (κ3) is 4.64. The Morgan fingerprint density at radius 3 is 2.69 bits per heavy atom. The van der Waals surface area contributed by atoms with Crippen LogP contribution in [0, 0.1) is 0 Å². The van der Waals surface area contributed by atoms with Crippen molar-refractivity contribution in [2.75, 3.05) is 26.3 Å². The van der Waals surface area contributed by atoms with E-state index in [0.717, 1.165) is 24.3 Å². The number of morpholine rings is 1. The number of rotatable bonds is 5. The summed E-state index contributed by atoms with van der Waals surface area (Å²) in [4.78, 5) is 23.6. The van der Waals surface area contributed by atoms with Gasteiger partial charge in [-0.1, -0.05) is 23.7 Å². The second kappa shape index (κ2) is 8.73. The van der Waals surface area contributed by atoms with Gasteiger partial charge in [0.15, 0.2) is 5.75 Å². The highest BCUT2D eigenvalue weighted by Crippen LogP contribution is 2.26. The molecule has 2 N–H and O–H groups in total. The lowest BCUT2D eigenvalue weighted by molar-refractivity contribution is 0.0337. The number of benzene rings is 1. The maximum atomic E-state index is 12.6. The Bertz CT molecular complexity index is 1020. The number of aromatic nitrogens is 2. The molecule has 0 atom stereocenters. The van der Waals surface area contributed by atoms with Crippen molar-refractivity contribution in [1.82, 2.24) is 20.2 Å². The minimum absolute atomic E-state index is 0.0995. The smallest absolute Gasteiger partial charge is 0.256 e. The first-order valence-corrected chi connectivity index (χ1v) is 9.78. The van der Waals surface area contributed by atoms with E-state index in [0.29, 0.717) is 42.4 Å². The van der Waals surface area contributed by atoms with Crippen molar-refractivity contribution in [3.63, 3.8) is 0 Å². The molecule has 8 heteroatoms. The third-order valence-electron chi connectivity index (χ3n) is 4.84. The lowest BCUT2D eigenvalue weighted by atomic mass is 10.1. The van der Waals surface area contributed by atoms with E-state index in [1.54, 1.807) is 12.1 Å². The van der Waals surface area contributed by atoms with Crippen LogP contribution in [0.1, 0.15) is 21.6 Å². The quantitative estimate of drug-likeness (QED) is 0.670. The van der Waals surface area contributed by atoms with E-state index in [1.165, 1.54) is 6.20 Å². The molecule has 1 saturated heterocycles. The van der Waals surface area contributed by atoms with Gasteiger partial charge in [-0.05, 0) is 29.8 Å². The lowest BCUT2D eigenvalue weighted by Crippen LogP contribution is -2.35. The van der Waals surface area contributed by atoms with Gasteiger partial charge < -0.3 is 15.2 Å². The fraction of sp³-hybridized carbons (Fsp3) is 0.286. The number of hydrogen-bond acceptors (Lipinski definition) is 6. The van der Waals surface area contributed by atoms with Gasteiger partial charge in [0.25, 0.3) is 5.91 Å². The number of aromatic hydroxyl groups is 1. The molecule has 0 radical (unpaired) electrons. The minimum Gasteiger partial charge on any atom is -0.505 e. The molecule has 29 heavy (non-hydrogen) atoms. The van der Waals surface area contributed by atoms with Crippen molar-refractivity contribution in [3.05, 3.63) is 64.4 Å². The molecule has 4 rings (SSSR count). The maximum Gasteiger partial charge on any atom is 0.256 e. The van der Waals surface area contributed by atoms with Crippen molar-refractivity contribution in [3.8, 4) is 5.75 Å². The molecule has 0 unspecified atom stereocenters. The van der Waals surface area contributed by atoms with Crippen molar-refractivity contribution in [2.24, 2.45) is 0 Å². The number of amides is 1. The summed E-state index contributed by atoms with van der Waals surface area (Å²) in [5.74, 6) is -0.570. The van der Waals surface area contributed by atoms with Crippen LogP contribution in [0.4, 0.5) is 0 Å². The Morgan fingerprint density at radius 2 is 1.93 bits per heavy atom. The predicted molar refractivity (Wildman–Crippen MR) is 110 cm³/mol. The molecule has 3 aromatic rings. The van der Waals surface area contributed by atoms with Gasteiger partial charge in [-0.3, -0.25) is 14.7 Å². The average molecular weight is 413 g/mol. The number of nitrogens with one attached hydrogen (secondary N) is 1. The highest BCUT2D eigenvalue weighted by molar-refractivity contribution is 6.30. The molecule has 1 aliphatic rings. The number of fused-ring (bicyclic) bond motifs is 1. The molecule has 150 valence electrons. The van der Waals surface area contributed by atoms with Crippen LogP contribution in [-0.4, -0.2) is 52.2 Å². The molecule has 0 spiro atoms. The van der Waals surface area contributed by atoms with Gasteiger partial charge in [0.1, 0.15) is 11.1 Å². The van der Waals surface area contributed by atoms with Crippen LogP contribution in [0.2, 0.25) is 5.02 Å². The number of hydrogen-bond donors (Lipinski definition) is 2. The van der Waals surface area contributed by atoms with Gasteiger partial charge in [-0.15, -0.1) is 0 Å². The molecule has 0 saturated carbocycles. The number of halogens is 1. The summed E-state index contributed by atoms with van der Waals surface area (Å²) in [5.41, 5.74) is 2.69. The van der Waals surface area contributed by atoms with Crippen LogP contribution < -0.4 is 5.32 Å². The van der Waals surface area contributed by atoms with Crippen LogP contribution >= 0.6 is 11.6 Å². The Kier molecular flexibility index (Phi) is 5.89. The van der Waals surface area contributed by atoms with Crippen molar-refractivity contribution < 1.29 is 14.6 Å². The first kappa shape index (κ1) is 19.6. The van der Waals surface area contributed by atoms with Crippen molar-refractivity contribution in [2.45, 2.75) is 13.1 Å². The molecule has 3 heterocycles. The molecule has 1 fully saturated rings. The van der Waals surface area contributed by atoms with Crippen LogP contribution in [-0.2, 0) is 17.8 Å². The normalized spacial score (nSPS) is 14.8. The monoisotopic (exact) mass is 412 g/mol. The summed E-state index contributed by atoms with van der Waals surface area (Å²) in [6.07, 6.45) is 1.37. The standard InChI is InChI=1S/C21H21ClN4O3/c22-15-3-1-14(2-4-15)11-24-21(28)17-12-23-18-6-5-16(25-19(18)20(17)27)13-26-7-9-29-10-8-26/h1-6,12H,7-11,13H2,(H,23,27)(H,24,28). The van der Waals surface area contributed by atoms with Crippen LogP contribution in [0.3, 0.4) is 0 Å². The van der Waals surface area contributed by atoms with E-state index in [4.69, 9.17) is 16.3 Å². The summed E-state index contributed by atoms with van der Waals surface area (Å²) in [6.45, 7) is 4.08. The zero-order valence-corrected chi connectivity index (χ0v) is 16.5. The number of ether oxygens (including phenoxy) is 1. The fourth-order valence-corrected chi connectivity index (χ4v) is 3.34. The van der Waals surface area contributed by atoms with Gasteiger partial charge in [0.2, 0.25) is 0 Å². The molecular weight excluding hydrogens is 392 g/mol. The lowest BCUT2D eigenvalue weighted by Gasteiger charge is -2.26. The molecule has 0 bridgehead atoms. The largest absolute Gasteiger partial charge is 0.505 e. The minimum atomic E-state index is -0.410. The number of pyridine rings is 2. The highest BCUT2D eigenvalue weighted by Gasteiger charge is 2.17. The molecule has 1 aliphatic heterocycles. The van der Waals surface area contributed by atoms with Gasteiger partial charge in [-0.2, -0.15) is 0 Å². The number of nitrogens with zero attached hydrogens (tertiary/aromatic N) is 3. The summed E-state index contributed by atoms with van der Waals surface area (Å²) >= 11 is 5.88. The Labute approximate surface area is 173 Å². The number of carbonyl (C=O) groups is 1. The van der Waals surface area contributed by atoms with Gasteiger partial charge >= 0.3 is 0 Å². The van der Waals surface area contributed by atoms with Gasteiger partial charge in [-0.25, -0.2) is 4.98 Å². The Morgan fingerprint density at radius 1 is 1.17 bits per heavy atom. The molecule has 7 nitrogen and oxygen atoms in total. The summed E-state index contributed by atoms with van der Waals surface area (Å²) in [6, 6.07) is 10.9. The van der Waals surface area contributed by atoms with Crippen molar-refractivity contribution in [1.29, 1.82) is 0 Å².